The summed E-state index contributed by atoms with van der Waals surface area (Å²) >= 11 is 11.4. The molecule has 11 heteroatoms. The standard InChI is InChI=1S/C20H16Cl2F4N2O3/c21-12-1-10(3-14(23)5-12)16(25)8-27-18(29)7-19(30)28(20(27)31)9-17(26)11-2-13(22)6-15(24)4-11/h1-6,16-17,20,31H,7-9H2/t16-,17-/m0/s1. The molecule has 1 fully saturated rings. The van der Waals surface area contributed by atoms with Crippen LogP contribution in [0.2, 0.25) is 10.0 Å². The predicted octanol–water partition coefficient (Wildman–Crippen LogP) is 4.33. The van der Waals surface area contributed by atoms with Crippen LogP contribution in [-0.2, 0) is 9.59 Å². The minimum atomic E-state index is -1.97. The molecule has 166 valence electrons. The highest BCUT2D eigenvalue weighted by molar-refractivity contribution is 6.30. The van der Waals surface area contributed by atoms with Crippen LogP contribution in [0.4, 0.5) is 17.6 Å². The molecule has 0 bridgehead atoms. The molecule has 1 N–H and O–H groups in total. The molecule has 2 aromatic rings. The minimum Gasteiger partial charge on any atom is -0.356 e. The van der Waals surface area contributed by atoms with Crippen molar-refractivity contribution in [2.75, 3.05) is 13.1 Å². The van der Waals surface area contributed by atoms with Gasteiger partial charge >= 0.3 is 0 Å². The molecule has 1 aliphatic rings. The molecule has 0 spiro atoms. The first-order chi connectivity index (χ1) is 14.5. The number of benzene rings is 2. The molecule has 1 saturated heterocycles. The Kier molecular flexibility index (Phi) is 7.08. The summed E-state index contributed by atoms with van der Waals surface area (Å²) in [6, 6.07) is 6.02. The number of rotatable bonds is 6. The van der Waals surface area contributed by atoms with E-state index in [-0.39, 0.29) is 21.2 Å². The van der Waals surface area contributed by atoms with E-state index in [0.29, 0.717) is 9.80 Å². The van der Waals surface area contributed by atoms with Crippen LogP contribution in [-0.4, -0.2) is 46.2 Å². The summed E-state index contributed by atoms with van der Waals surface area (Å²) in [5.74, 6) is -3.35. The summed E-state index contributed by atoms with van der Waals surface area (Å²) in [7, 11) is 0. The van der Waals surface area contributed by atoms with Gasteiger partial charge in [0.2, 0.25) is 18.2 Å². The van der Waals surface area contributed by atoms with E-state index >= 15 is 0 Å². The van der Waals surface area contributed by atoms with Gasteiger partial charge in [-0.15, -0.1) is 0 Å². The van der Waals surface area contributed by atoms with Crippen molar-refractivity contribution in [3.05, 3.63) is 69.2 Å². The lowest BCUT2D eigenvalue weighted by Crippen LogP contribution is -2.60. The van der Waals surface area contributed by atoms with E-state index in [1.807, 2.05) is 0 Å². The van der Waals surface area contributed by atoms with Gasteiger partial charge in [-0.3, -0.25) is 19.4 Å². The monoisotopic (exact) mass is 478 g/mol. The number of nitrogens with zero attached hydrogens (tertiary/aromatic N) is 2. The van der Waals surface area contributed by atoms with Crippen molar-refractivity contribution in [3.8, 4) is 0 Å². The molecule has 1 heterocycles. The van der Waals surface area contributed by atoms with E-state index in [1.165, 1.54) is 0 Å². The van der Waals surface area contributed by atoms with Gasteiger partial charge in [0.05, 0.1) is 13.1 Å². The van der Waals surface area contributed by atoms with Crippen LogP contribution in [0.5, 0.6) is 0 Å². The second kappa shape index (κ2) is 9.42. The lowest BCUT2D eigenvalue weighted by molar-refractivity contribution is -0.185. The summed E-state index contributed by atoms with van der Waals surface area (Å²) in [6.45, 7) is -1.46. The average molecular weight is 479 g/mol. The predicted molar refractivity (Wildman–Crippen MR) is 105 cm³/mol. The molecule has 3 rings (SSSR count). The summed E-state index contributed by atoms with van der Waals surface area (Å²) in [5, 5.41) is 10.3. The average Bonchev–Trinajstić information content (AvgIpc) is 2.66. The molecule has 1 aliphatic heterocycles. The van der Waals surface area contributed by atoms with Gasteiger partial charge in [0.25, 0.3) is 0 Å². The van der Waals surface area contributed by atoms with E-state index in [2.05, 4.69) is 0 Å². The molecule has 31 heavy (non-hydrogen) atoms. The fraction of sp³-hybridized carbons (Fsp3) is 0.300. The zero-order valence-electron chi connectivity index (χ0n) is 15.7. The van der Waals surface area contributed by atoms with Crippen LogP contribution in [0.3, 0.4) is 0 Å². The molecule has 0 saturated carbocycles. The first-order valence-electron chi connectivity index (χ1n) is 9.02. The smallest absolute Gasteiger partial charge is 0.235 e. The Bertz CT molecular complexity index is 892. The fourth-order valence-electron chi connectivity index (χ4n) is 3.22. The maximum atomic E-state index is 14.7. The zero-order chi connectivity index (χ0) is 22.9. The number of hydrogen-bond acceptors (Lipinski definition) is 3. The topological polar surface area (TPSA) is 60.9 Å². The summed E-state index contributed by atoms with van der Waals surface area (Å²) < 4.78 is 56.4. The zero-order valence-corrected chi connectivity index (χ0v) is 17.3. The molecule has 0 unspecified atom stereocenters. The van der Waals surface area contributed by atoms with Crippen molar-refractivity contribution in [3.63, 3.8) is 0 Å². The van der Waals surface area contributed by atoms with Crippen LogP contribution >= 0.6 is 23.2 Å². The van der Waals surface area contributed by atoms with Crippen molar-refractivity contribution in [2.45, 2.75) is 25.1 Å². The molecule has 0 radical (unpaired) electrons. The Morgan fingerprint density at radius 1 is 0.839 bits per heavy atom. The second-order valence-corrected chi connectivity index (χ2v) is 7.83. The van der Waals surface area contributed by atoms with Gasteiger partial charge in [0.1, 0.15) is 30.4 Å². The number of hydrogen-bond donors (Lipinski definition) is 1. The second-order valence-electron chi connectivity index (χ2n) is 6.96. The number of carbonyl (C=O) groups is 2. The summed E-state index contributed by atoms with van der Waals surface area (Å²) in [5.41, 5.74) is -0.350. The fourth-order valence-corrected chi connectivity index (χ4v) is 3.68. The molecular formula is C20H16Cl2F4N2O3. The molecular weight excluding hydrogens is 463 g/mol. The maximum absolute atomic E-state index is 14.7. The Morgan fingerprint density at radius 2 is 1.23 bits per heavy atom. The van der Waals surface area contributed by atoms with Crippen molar-refractivity contribution < 1.29 is 32.3 Å². The first-order valence-corrected chi connectivity index (χ1v) is 9.78. The van der Waals surface area contributed by atoms with Crippen molar-refractivity contribution in [1.29, 1.82) is 0 Å². The lowest BCUT2D eigenvalue weighted by Gasteiger charge is -2.41. The van der Waals surface area contributed by atoms with Gasteiger partial charge in [-0.25, -0.2) is 17.6 Å². The van der Waals surface area contributed by atoms with Crippen LogP contribution < -0.4 is 0 Å². The number of halogens is 6. The lowest BCUT2D eigenvalue weighted by atomic mass is 10.1. The maximum Gasteiger partial charge on any atom is 0.235 e. The van der Waals surface area contributed by atoms with Crippen LogP contribution in [0.25, 0.3) is 0 Å². The number of aliphatic hydroxyl groups is 1. The van der Waals surface area contributed by atoms with Crippen molar-refractivity contribution in [1.82, 2.24) is 9.80 Å². The van der Waals surface area contributed by atoms with Gasteiger partial charge in [-0.05, 0) is 47.5 Å². The van der Waals surface area contributed by atoms with Crippen molar-refractivity contribution in [2.24, 2.45) is 0 Å². The van der Waals surface area contributed by atoms with E-state index < -0.39 is 61.7 Å². The summed E-state index contributed by atoms with van der Waals surface area (Å²) in [6.07, 6.45) is -6.59. The highest BCUT2D eigenvalue weighted by atomic mass is 35.5. The third-order valence-electron chi connectivity index (χ3n) is 4.71. The Morgan fingerprint density at radius 3 is 1.58 bits per heavy atom. The first kappa shape index (κ1) is 23.3. The molecule has 2 amide bonds. The van der Waals surface area contributed by atoms with Gasteiger partial charge in [-0.2, -0.15) is 0 Å². The number of amides is 2. The van der Waals surface area contributed by atoms with Gasteiger partial charge in [0.15, 0.2) is 0 Å². The Labute approximate surface area is 184 Å². The van der Waals surface area contributed by atoms with Crippen LogP contribution in [0, 0.1) is 11.6 Å². The van der Waals surface area contributed by atoms with E-state index in [4.69, 9.17) is 23.2 Å². The minimum absolute atomic E-state index is 0.0611. The number of alkyl halides is 2. The van der Waals surface area contributed by atoms with Crippen LogP contribution in [0.1, 0.15) is 29.9 Å². The third-order valence-corrected chi connectivity index (χ3v) is 5.14. The quantitative estimate of drug-likeness (QED) is 0.496. The Balaban J connectivity index is 1.77. The Hall–Kier alpha value is -2.36. The van der Waals surface area contributed by atoms with Gasteiger partial charge in [-0.1, -0.05) is 23.2 Å². The third kappa shape index (κ3) is 5.47. The number of carbonyl (C=O) groups excluding carboxylic acids is 2. The van der Waals surface area contributed by atoms with Gasteiger partial charge in [0, 0.05) is 10.0 Å². The van der Waals surface area contributed by atoms with E-state index in [0.717, 1.165) is 36.4 Å². The van der Waals surface area contributed by atoms with E-state index in [9.17, 15) is 32.3 Å². The largest absolute Gasteiger partial charge is 0.356 e. The summed E-state index contributed by atoms with van der Waals surface area (Å²) in [4.78, 5) is 25.7. The molecule has 5 nitrogen and oxygen atoms in total. The molecule has 2 aromatic carbocycles. The SMILES string of the molecule is O=C1CC(=O)N(C[C@H](F)c2cc(F)cc(Cl)c2)C(O)N1C[C@H](F)c1cc(F)cc(Cl)c1. The molecule has 0 aliphatic carbocycles. The molecule has 2 atom stereocenters. The van der Waals surface area contributed by atoms with Crippen molar-refractivity contribution >= 4 is 35.0 Å². The normalized spacial score (nSPS) is 17.3. The highest BCUT2D eigenvalue weighted by Crippen LogP contribution is 2.29. The number of aliphatic hydroxyl groups excluding tert-OH is 1. The van der Waals surface area contributed by atoms with Gasteiger partial charge < -0.3 is 5.11 Å². The van der Waals surface area contributed by atoms with Crippen LogP contribution in [0.15, 0.2) is 36.4 Å². The highest BCUT2D eigenvalue weighted by Gasteiger charge is 2.40. The van der Waals surface area contributed by atoms with E-state index in [1.54, 1.807) is 0 Å². The molecule has 0 aromatic heterocycles.